The number of hydrogen-bond donors (Lipinski definition) is 2. The summed E-state index contributed by atoms with van der Waals surface area (Å²) in [6, 6.07) is 10.2. The maximum atomic E-state index is 12.8. The molecule has 0 aliphatic heterocycles. The van der Waals surface area contributed by atoms with Crippen molar-refractivity contribution in [3.8, 4) is 0 Å². The molecule has 4 aliphatic rings. The SMILES string of the molecule is C[C@H](CCc1ccccc1)NC(=O)COC(=O)C12C[C@H]3C[C@@H](CC(O)(C3)C1)C2. The largest absolute Gasteiger partial charge is 0.455 e. The monoisotopic (exact) mass is 385 g/mol. The van der Waals surface area contributed by atoms with Gasteiger partial charge >= 0.3 is 5.97 Å². The molecule has 4 aliphatic carbocycles. The molecule has 0 spiro atoms. The van der Waals surface area contributed by atoms with Crippen molar-refractivity contribution in [3.63, 3.8) is 0 Å². The summed E-state index contributed by atoms with van der Waals surface area (Å²) >= 11 is 0. The summed E-state index contributed by atoms with van der Waals surface area (Å²) in [4.78, 5) is 25.0. The second-order valence-corrected chi connectivity index (χ2v) is 9.53. The van der Waals surface area contributed by atoms with Gasteiger partial charge < -0.3 is 15.2 Å². The molecular formula is C23H31NO4. The summed E-state index contributed by atoms with van der Waals surface area (Å²) in [6.07, 6.45) is 6.60. The number of aryl methyl sites for hydroxylation is 1. The van der Waals surface area contributed by atoms with Crippen LogP contribution in [0.1, 0.15) is 57.4 Å². The van der Waals surface area contributed by atoms with E-state index in [9.17, 15) is 14.7 Å². The van der Waals surface area contributed by atoms with Crippen molar-refractivity contribution in [2.24, 2.45) is 17.3 Å². The Morgan fingerprint density at radius 3 is 2.50 bits per heavy atom. The molecule has 4 saturated carbocycles. The molecule has 4 fully saturated rings. The summed E-state index contributed by atoms with van der Waals surface area (Å²) in [5.74, 6) is 0.306. The normalized spacial score (nSPS) is 34.1. The van der Waals surface area contributed by atoms with Crippen molar-refractivity contribution in [2.45, 2.75) is 69.9 Å². The molecule has 4 bridgehead atoms. The van der Waals surface area contributed by atoms with E-state index in [1.54, 1.807) is 0 Å². The van der Waals surface area contributed by atoms with Gasteiger partial charge in [-0.15, -0.1) is 0 Å². The van der Waals surface area contributed by atoms with Crippen LogP contribution in [0.5, 0.6) is 0 Å². The topological polar surface area (TPSA) is 75.6 Å². The van der Waals surface area contributed by atoms with Crippen LogP contribution in [-0.4, -0.2) is 35.2 Å². The van der Waals surface area contributed by atoms with Crippen LogP contribution in [0.4, 0.5) is 0 Å². The standard InChI is InChI=1S/C23H31NO4/c1-16(7-8-17-5-3-2-4-6-17)24-20(25)14-28-21(26)22-10-18-9-19(11-22)13-23(27,12-18)15-22/h2-6,16,18-19,27H,7-15H2,1H3,(H,24,25)/t16-,18-,19-,22?,23?/m1/s1. The summed E-state index contributed by atoms with van der Waals surface area (Å²) in [7, 11) is 0. The average molecular weight is 386 g/mol. The molecule has 3 atom stereocenters. The summed E-state index contributed by atoms with van der Waals surface area (Å²) in [5, 5.41) is 13.7. The Morgan fingerprint density at radius 2 is 1.86 bits per heavy atom. The molecule has 0 heterocycles. The third-order valence-corrected chi connectivity index (χ3v) is 6.91. The van der Waals surface area contributed by atoms with Crippen LogP contribution in [0.3, 0.4) is 0 Å². The number of rotatable bonds is 7. The van der Waals surface area contributed by atoms with Gasteiger partial charge in [0.1, 0.15) is 0 Å². The van der Waals surface area contributed by atoms with Crippen molar-refractivity contribution in [1.29, 1.82) is 0 Å². The highest BCUT2D eigenvalue weighted by Gasteiger charge is 2.60. The molecular weight excluding hydrogens is 354 g/mol. The van der Waals surface area contributed by atoms with Crippen LogP contribution in [-0.2, 0) is 20.7 Å². The number of carbonyl (C=O) groups excluding carboxylic acids is 2. The minimum Gasteiger partial charge on any atom is -0.455 e. The molecule has 2 N–H and O–H groups in total. The Bertz CT molecular complexity index is 717. The molecule has 1 aromatic rings. The number of nitrogens with one attached hydrogen (secondary N) is 1. The number of esters is 1. The van der Waals surface area contributed by atoms with Gasteiger partial charge in [-0.3, -0.25) is 9.59 Å². The van der Waals surface area contributed by atoms with E-state index in [1.807, 2.05) is 25.1 Å². The molecule has 0 saturated heterocycles. The highest BCUT2D eigenvalue weighted by molar-refractivity contribution is 5.83. The van der Waals surface area contributed by atoms with Crippen LogP contribution < -0.4 is 5.32 Å². The lowest BCUT2D eigenvalue weighted by molar-refractivity contribution is -0.196. The molecule has 0 radical (unpaired) electrons. The van der Waals surface area contributed by atoms with E-state index in [0.29, 0.717) is 18.3 Å². The average Bonchev–Trinajstić information content (AvgIpc) is 2.63. The first-order valence-corrected chi connectivity index (χ1v) is 10.6. The van der Waals surface area contributed by atoms with Crippen LogP contribution in [0.15, 0.2) is 30.3 Å². The van der Waals surface area contributed by atoms with E-state index < -0.39 is 11.0 Å². The van der Waals surface area contributed by atoms with Gasteiger partial charge in [-0.2, -0.15) is 0 Å². The van der Waals surface area contributed by atoms with Crippen LogP contribution in [0.25, 0.3) is 0 Å². The third-order valence-electron chi connectivity index (χ3n) is 6.91. The van der Waals surface area contributed by atoms with Crippen LogP contribution >= 0.6 is 0 Å². The lowest BCUT2D eigenvalue weighted by Gasteiger charge is -2.58. The van der Waals surface area contributed by atoms with Gasteiger partial charge in [0.25, 0.3) is 5.91 Å². The molecule has 1 aromatic carbocycles. The number of benzene rings is 1. The first kappa shape index (κ1) is 19.4. The zero-order chi connectivity index (χ0) is 19.8. The van der Waals surface area contributed by atoms with Gasteiger partial charge in [-0.05, 0) is 75.7 Å². The van der Waals surface area contributed by atoms with Gasteiger partial charge in [-0.1, -0.05) is 30.3 Å². The second kappa shape index (κ2) is 7.51. The Hall–Kier alpha value is -1.88. The molecule has 0 unspecified atom stereocenters. The molecule has 5 rings (SSSR count). The van der Waals surface area contributed by atoms with Crippen molar-refractivity contribution in [2.75, 3.05) is 6.61 Å². The molecule has 5 heteroatoms. The van der Waals surface area contributed by atoms with Gasteiger partial charge in [-0.25, -0.2) is 0 Å². The van der Waals surface area contributed by atoms with E-state index in [0.717, 1.165) is 44.9 Å². The Balaban J connectivity index is 1.24. The highest BCUT2D eigenvalue weighted by Crippen LogP contribution is 2.61. The number of hydrogen-bond acceptors (Lipinski definition) is 4. The predicted octanol–water partition coefficient (Wildman–Crippen LogP) is 3.00. The Morgan fingerprint density at radius 1 is 1.18 bits per heavy atom. The second-order valence-electron chi connectivity index (χ2n) is 9.53. The fourth-order valence-corrected chi connectivity index (χ4v) is 6.15. The van der Waals surface area contributed by atoms with E-state index in [-0.39, 0.29) is 24.5 Å². The fourth-order valence-electron chi connectivity index (χ4n) is 6.15. The van der Waals surface area contributed by atoms with Gasteiger partial charge in [0.2, 0.25) is 0 Å². The molecule has 5 nitrogen and oxygen atoms in total. The molecule has 0 aromatic heterocycles. The molecule has 152 valence electrons. The number of carbonyl (C=O) groups is 2. The van der Waals surface area contributed by atoms with Gasteiger partial charge in [0.05, 0.1) is 11.0 Å². The third kappa shape index (κ3) is 4.09. The minimum atomic E-state index is -0.697. The van der Waals surface area contributed by atoms with Gasteiger partial charge in [0, 0.05) is 6.04 Å². The number of ether oxygens (including phenoxy) is 1. The van der Waals surface area contributed by atoms with Crippen molar-refractivity contribution < 1.29 is 19.4 Å². The zero-order valence-electron chi connectivity index (χ0n) is 16.7. The summed E-state index contributed by atoms with van der Waals surface area (Å²) in [6.45, 7) is 1.74. The smallest absolute Gasteiger partial charge is 0.312 e. The Labute approximate surface area is 166 Å². The van der Waals surface area contributed by atoms with Crippen molar-refractivity contribution in [3.05, 3.63) is 35.9 Å². The first-order valence-electron chi connectivity index (χ1n) is 10.6. The van der Waals surface area contributed by atoms with E-state index in [2.05, 4.69) is 17.4 Å². The Kier molecular flexibility index (Phi) is 5.21. The van der Waals surface area contributed by atoms with E-state index in [4.69, 9.17) is 4.74 Å². The summed E-state index contributed by atoms with van der Waals surface area (Å²) in [5.41, 5.74) is -0.0233. The lowest BCUT2D eigenvalue weighted by atomic mass is 9.48. The predicted molar refractivity (Wildman–Crippen MR) is 105 cm³/mol. The molecule has 1 amide bonds. The number of aliphatic hydroxyl groups is 1. The quantitative estimate of drug-likeness (QED) is 0.708. The highest BCUT2D eigenvalue weighted by atomic mass is 16.5. The van der Waals surface area contributed by atoms with E-state index in [1.165, 1.54) is 5.56 Å². The maximum Gasteiger partial charge on any atom is 0.312 e. The molecule has 28 heavy (non-hydrogen) atoms. The van der Waals surface area contributed by atoms with E-state index >= 15 is 0 Å². The summed E-state index contributed by atoms with van der Waals surface area (Å²) < 4.78 is 5.44. The van der Waals surface area contributed by atoms with Crippen LogP contribution in [0, 0.1) is 17.3 Å². The van der Waals surface area contributed by atoms with Crippen molar-refractivity contribution >= 4 is 11.9 Å². The van der Waals surface area contributed by atoms with Crippen molar-refractivity contribution in [1.82, 2.24) is 5.32 Å². The maximum absolute atomic E-state index is 12.8. The zero-order valence-corrected chi connectivity index (χ0v) is 16.7. The first-order chi connectivity index (χ1) is 13.4. The fraction of sp³-hybridized carbons (Fsp3) is 0.652. The lowest BCUT2D eigenvalue weighted by Crippen LogP contribution is -2.58. The minimum absolute atomic E-state index is 0.0201. The number of amides is 1. The van der Waals surface area contributed by atoms with Gasteiger partial charge in [0.15, 0.2) is 6.61 Å². The van der Waals surface area contributed by atoms with Crippen LogP contribution in [0.2, 0.25) is 0 Å².